The van der Waals surface area contributed by atoms with Crippen LogP contribution in [0, 0.1) is 5.92 Å². The van der Waals surface area contributed by atoms with E-state index in [0.717, 1.165) is 22.7 Å². The zero-order chi connectivity index (χ0) is 15.7. The molecule has 3 rings (SSSR count). The Bertz CT molecular complexity index is 688. The Morgan fingerprint density at radius 3 is 2.45 bits per heavy atom. The highest BCUT2D eigenvalue weighted by Gasteiger charge is 2.41. The van der Waals surface area contributed by atoms with Crippen LogP contribution in [-0.4, -0.2) is 25.6 Å². The van der Waals surface area contributed by atoms with Gasteiger partial charge in [0, 0.05) is 29.7 Å². The molecule has 1 aliphatic heterocycles. The van der Waals surface area contributed by atoms with Gasteiger partial charge < -0.3 is 4.90 Å². The average Bonchev–Trinajstić information content (AvgIpc) is 2.53. The summed E-state index contributed by atoms with van der Waals surface area (Å²) in [6.07, 6.45) is -3.04. The summed E-state index contributed by atoms with van der Waals surface area (Å²) in [6.45, 7) is 0.803. The van der Waals surface area contributed by atoms with Gasteiger partial charge in [-0.05, 0) is 30.4 Å². The maximum atomic E-state index is 12.8. The molecule has 0 spiro atoms. The van der Waals surface area contributed by atoms with Gasteiger partial charge in [-0.15, -0.1) is 0 Å². The van der Waals surface area contributed by atoms with Gasteiger partial charge in [0.15, 0.2) is 0 Å². The summed E-state index contributed by atoms with van der Waals surface area (Å²) >= 11 is 0. The fourth-order valence-corrected chi connectivity index (χ4v) is 3.08. The van der Waals surface area contributed by atoms with Gasteiger partial charge in [0.2, 0.25) is 0 Å². The molecule has 22 heavy (non-hydrogen) atoms. The van der Waals surface area contributed by atoms with E-state index >= 15 is 0 Å². The lowest BCUT2D eigenvalue weighted by Crippen LogP contribution is -2.39. The predicted octanol–water partition coefficient (Wildman–Crippen LogP) is 4.43. The number of fused-ring (bicyclic) bond motifs is 1. The Balaban J connectivity index is 1.87. The minimum absolute atomic E-state index is 0.131. The first kappa shape index (κ1) is 14.9. The molecule has 0 bridgehead atoms. The number of halogens is 3. The van der Waals surface area contributed by atoms with Crippen molar-refractivity contribution >= 4 is 22.7 Å². The summed E-state index contributed by atoms with van der Waals surface area (Å²) in [5.41, 5.74) is 1.54. The highest BCUT2D eigenvalue weighted by atomic mass is 19.4. The van der Waals surface area contributed by atoms with Crippen LogP contribution >= 0.6 is 0 Å². The number of carbonyl (C=O) groups excluding carboxylic acids is 1. The molecule has 0 atom stereocenters. The SMILES string of the molecule is O=Cc1ccc2c(N3CCC(C(F)(F)F)CC3)cccc2c1. The third-order valence-electron chi connectivity index (χ3n) is 4.32. The Labute approximate surface area is 126 Å². The van der Waals surface area contributed by atoms with Crippen molar-refractivity contribution in [3.8, 4) is 0 Å². The van der Waals surface area contributed by atoms with Gasteiger partial charge in [0.05, 0.1) is 5.92 Å². The molecule has 2 aromatic carbocycles. The van der Waals surface area contributed by atoms with Gasteiger partial charge in [-0.3, -0.25) is 4.79 Å². The fraction of sp³-hybridized carbons (Fsp3) is 0.353. The zero-order valence-corrected chi connectivity index (χ0v) is 11.9. The lowest BCUT2D eigenvalue weighted by atomic mass is 9.95. The smallest absolute Gasteiger partial charge is 0.371 e. The number of piperidine rings is 1. The number of nitrogens with zero attached hydrogens (tertiary/aromatic N) is 1. The van der Waals surface area contributed by atoms with Gasteiger partial charge in [0.1, 0.15) is 6.29 Å². The van der Waals surface area contributed by atoms with Crippen molar-refractivity contribution in [1.82, 2.24) is 0 Å². The van der Waals surface area contributed by atoms with Crippen LogP contribution in [0.1, 0.15) is 23.2 Å². The summed E-state index contributed by atoms with van der Waals surface area (Å²) in [5.74, 6) is -1.19. The Kier molecular flexibility index (Phi) is 3.81. The molecule has 0 amide bonds. The first-order chi connectivity index (χ1) is 10.5. The molecule has 0 saturated carbocycles. The minimum Gasteiger partial charge on any atom is -0.371 e. The predicted molar refractivity (Wildman–Crippen MR) is 80.3 cm³/mol. The van der Waals surface area contributed by atoms with Crippen LogP contribution in [-0.2, 0) is 0 Å². The monoisotopic (exact) mass is 307 g/mol. The quantitative estimate of drug-likeness (QED) is 0.765. The zero-order valence-electron chi connectivity index (χ0n) is 11.9. The second-order valence-electron chi connectivity index (χ2n) is 5.68. The highest BCUT2D eigenvalue weighted by molar-refractivity contribution is 5.97. The number of carbonyl (C=O) groups is 1. The van der Waals surface area contributed by atoms with Crippen LogP contribution in [0.5, 0.6) is 0 Å². The van der Waals surface area contributed by atoms with Crippen LogP contribution in [0.2, 0.25) is 0 Å². The fourth-order valence-electron chi connectivity index (χ4n) is 3.08. The lowest BCUT2D eigenvalue weighted by molar-refractivity contribution is -0.179. The van der Waals surface area contributed by atoms with Crippen molar-refractivity contribution in [3.63, 3.8) is 0 Å². The van der Waals surface area contributed by atoms with Gasteiger partial charge in [0.25, 0.3) is 0 Å². The molecule has 2 aromatic rings. The molecule has 0 radical (unpaired) electrons. The first-order valence-electron chi connectivity index (χ1n) is 7.28. The van der Waals surface area contributed by atoms with E-state index in [0.29, 0.717) is 18.7 Å². The second kappa shape index (κ2) is 5.63. The molecule has 116 valence electrons. The maximum Gasteiger partial charge on any atom is 0.391 e. The molecular formula is C17H16F3NO. The van der Waals surface area contributed by atoms with Crippen molar-refractivity contribution in [2.75, 3.05) is 18.0 Å². The second-order valence-corrected chi connectivity index (χ2v) is 5.68. The van der Waals surface area contributed by atoms with Crippen molar-refractivity contribution in [2.24, 2.45) is 5.92 Å². The topological polar surface area (TPSA) is 20.3 Å². The van der Waals surface area contributed by atoms with Crippen LogP contribution < -0.4 is 4.90 Å². The molecule has 0 aromatic heterocycles. The van der Waals surface area contributed by atoms with Crippen LogP contribution in [0.15, 0.2) is 36.4 Å². The summed E-state index contributed by atoms with van der Waals surface area (Å²) in [6, 6.07) is 11.1. The summed E-state index contributed by atoms with van der Waals surface area (Å²) in [4.78, 5) is 12.9. The number of rotatable bonds is 2. The Hall–Kier alpha value is -2.04. The summed E-state index contributed by atoms with van der Waals surface area (Å²) in [7, 11) is 0. The van der Waals surface area contributed by atoms with E-state index in [9.17, 15) is 18.0 Å². The van der Waals surface area contributed by atoms with E-state index in [1.165, 1.54) is 0 Å². The lowest BCUT2D eigenvalue weighted by Gasteiger charge is -2.35. The van der Waals surface area contributed by atoms with Gasteiger partial charge in [-0.25, -0.2) is 0 Å². The molecular weight excluding hydrogens is 291 g/mol. The number of aldehydes is 1. The van der Waals surface area contributed by atoms with E-state index in [4.69, 9.17) is 0 Å². The van der Waals surface area contributed by atoms with Gasteiger partial charge >= 0.3 is 6.18 Å². The van der Waals surface area contributed by atoms with E-state index in [-0.39, 0.29) is 12.8 Å². The molecule has 0 N–H and O–H groups in total. The minimum atomic E-state index is -4.09. The molecule has 1 saturated heterocycles. The van der Waals surface area contributed by atoms with Crippen LogP contribution in [0.3, 0.4) is 0 Å². The standard InChI is InChI=1S/C17H16F3NO/c18-17(19,20)14-6-8-21(9-7-14)16-3-1-2-13-10-12(11-22)4-5-15(13)16/h1-5,10-11,14H,6-9H2. The number of alkyl halides is 3. The molecule has 2 nitrogen and oxygen atoms in total. The Morgan fingerprint density at radius 1 is 1.09 bits per heavy atom. The largest absolute Gasteiger partial charge is 0.391 e. The third-order valence-corrected chi connectivity index (χ3v) is 4.32. The van der Waals surface area contributed by atoms with Crippen molar-refractivity contribution in [2.45, 2.75) is 19.0 Å². The van der Waals surface area contributed by atoms with Crippen molar-refractivity contribution in [1.29, 1.82) is 0 Å². The molecule has 0 unspecified atom stereocenters. The molecule has 1 fully saturated rings. The third kappa shape index (κ3) is 2.80. The summed E-state index contributed by atoms with van der Waals surface area (Å²) in [5, 5.41) is 1.90. The summed E-state index contributed by atoms with van der Waals surface area (Å²) < 4.78 is 38.3. The van der Waals surface area contributed by atoms with Crippen LogP contribution in [0.25, 0.3) is 10.8 Å². The number of hydrogen-bond donors (Lipinski definition) is 0. The normalized spacial score (nSPS) is 17.0. The van der Waals surface area contributed by atoms with E-state index < -0.39 is 12.1 Å². The first-order valence-corrected chi connectivity index (χ1v) is 7.28. The molecule has 0 aliphatic carbocycles. The molecule has 1 heterocycles. The highest BCUT2D eigenvalue weighted by Crippen LogP contribution is 2.37. The number of anilines is 1. The number of benzene rings is 2. The van der Waals surface area contributed by atoms with E-state index in [2.05, 4.69) is 0 Å². The average molecular weight is 307 g/mol. The van der Waals surface area contributed by atoms with Gasteiger partial charge in [-0.1, -0.05) is 24.3 Å². The molecule has 1 aliphatic rings. The Morgan fingerprint density at radius 2 is 1.82 bits per heavy atom. The van der Waals surface area contributed by atoms with Crippen LogP contribution in [0.4, 0.5) is 18.9 Å². The number of hydrogen-bond acceptors (Lipinski definition) is 2. The van der Waals surface area contributed by atoms with E-state index in [1.54, 1.807) is 12.1 Å². The maximum absolute atomic E-state index is 12.8. The molecule has 5 heteroatoms. The van der Waals surface area contributed by atoms with Crippen molar-refractivity contribution in [3.05, 3.63) is 42.0 Å². The van der Waals surface area contributed by atoms with Gasteiger partial charge in [-0.2, -0.15) is 13.2 Å². The van der Waals surface area contributed by atoms with Crippen molar-refractivity contribution < 1.29 is 18.0 Å². The van der Waals surface area contributed by atoms with E-state index in [1.807, 2.05) is 29.2 Å².